The molecule has 0 unspecified atom stereocenters. The molecule has 8 heteroatoms. The summed E-state index contributed by atoms with van der Waals surface area (Å²) < 4.78 is 6.31. The Morgan fingerprint density at radius 2 is 1.90 bits per heavy atom. The summed E-state index contributed by atoms with van der Waals surface area (Å²) >= 11 is 0. The number of nitrogens with zero attached hydrogens (tertiary/aromatic N) is 5. The lowest BCUT2D eigenvalue weighted by atomic mass is 10.2. The molecular formula is C21H23N5O3. The average molecular weight is 393 g/mol. The van der Waals surface area contributed by atoms with E-state index in [1.807, 2.05) is 54.1 Å². The van der Waals surface area contributed by atoms with Crippen molar-refractivity contribution in [3.05, 3.63) is 74.7 Å². The lowest BCUT2D eigenvalue weighted by Crippen LogP contribution is -2.39. The molecule has 0 saturated carbocycles. The Labute approximate surface area is 166 Å². The van der Waals surface area contributed by atoms with Crippen LogP contribution in [-0.2, 0) is 20.1 Å². The van der Waals surface area contributed by atoms with Gasteiger partial charge in [-0.25, -0.2) is 4.79 Å². The summed E-state index contributed by atoms with van der Waals surface area (Å²) in [6.45, 7) is 2.77. The number of aryl methyl sites for hydroxylation is 3. The first-order valence-corrected chi connectivity index (χ1v) is 9.53. The molecule has 0 saturated heterocycles. The molecule has 0 aliphatic carbocycles. The van der Waals surface area contributed by atoms with Gasteiger partial charge in [-0.1, -0.05) is 42.5 Å². The Morgan fingerprint density at radius 3 is 2.62 bits per heavy atom. The van der Waals surface area contributed by atoms with Crippen LogP contribution >= 0.6 is 0 Å². The number of fused-ring (bicyclic) bond motifs is 3. The molecule has 0 spiro atoms. The fraction of sp³-hybridized carbons (Fsp3) is 0.286. The van der Waals surface area contributed by atoms with Gasteiger partial charge in [-0.05, 0) is 18.9 Å². The van der Waals surface area contributed by atoms with Crippen LogP contribution in [-0.4, -0.2) is 34.8 Å². The van der Waals surface area contributed by atoms with Gasteiger partial charge in [0.05, 0.1) is 0 Å². The third-order valence-electron chi connectivity index (χ3n) is 5.08. The number of hydrogen-bond acceptors (Lipinski definition) is 4. The summed E-state index contributed by atoms with van der Waals surface area (Å²) in [5.41, 5.74) is 1.90. The molecule has 4 aromatic rings. The highest BCUT2D eigenvalue weighted by atomic mass is 16.3. The van der Waals surface area contributed by atoms with Crippen molar-refractivity contribution in [3.8, 4) is 0 Å². The maximum absolute atomic E-state index is 13.2. The number of allylic oxidation sites excluding steroid dienone is 1. The van der Waals surface area contributed by atoms with E-state index in [9.17, 15) is 9.59 Å². The molecule has 0 radical (unpaired) electrons. The number of aliphatic hydroxyl groups excluding tert-OH is 1. The van der Waals surface area contributed by atoms with Gasteiger partial charge in [0.25, 0.3) is 5.56 Å². The monoisotopic (exact) mass is 393 g/mol. The standard InChI is InChI=1S/C21H23N5O3/c1-15-14-26-17-18(22-20(26)24(15)12-7-13-27)23(2)21(29)25(19(17)28)11-6-10-16-8-4-3-5-9-16/h3-6,8-10,14,27H,7,11-13H2,1-2H3. The predicted octanol–water partition coefficient (Wildman–Crippen LogP) is 1.55. The first-order chi connectivity index (χ1) is 14.0. The number of aromatic nitrogens is 5. The zero-order chi connectivity index (χ0) is 20.5. The van der Waals surface area contributed by atoms with Crippen LogP contribution in [0.3, 0.4) is 0 Å². The van der Waals surface area contributed by atoms with Crippen LogP contribution in [0.4, 0.5) is 0 Å². The lowest BCUT2D eigenvalue weighted by molar-refractivity contribution is 0.280. The first kappa shape index (κ1) is 18.9. The van der Waals surface area contributed by atoms with E-state index in [-0.39, 0.29) is 18.7 Å². The van der Waals surface area contributed by atoms with E-state index in [0.29, 0.717) is 29.9 Å². The van der Waals surface area contributed by atoms with Gasteiger partial charge in [-0.3, -0.25) is 18.3 Å². The summed E-state index contributed by atoms with van der Waals surface area (Å²) in [7, 11) is 1.62. The minimum Gasteiger partial charge on any atom is -0.396 e. The van der Waals surface area contributed by atoms with Crippen LogP contribution in [0.5, 0.6) is 0 Å². The second kappa shape index (κ2) is 7.56. The summed E-state index contributed by atoms with van der Waals surface area (Å²) in [6, 6.07) is 9.72. The Balaban J connectivity index is 1.84. The molecule has 0 amide bonds. The van der Waals surface area contributed by atoms with Crippen LogP contribution < -0.4 is 11.2 Å². The quantitative estimate of drug-likeness (QED) is 0.539. The van der Waals surface area contributed by atoms with E-state index < -0.39 is 5.69 Å². The van der Waals surface area contributed by atoms with Crippen molar-refractivity contribution >= 4 is 23.0 Å². The third-order valence-corrected chi connectivity index (χ3v) is 5.08. The van der Waals surface area contributed by atoms with Crippen LogP contribution in [0.1, 0.15) is 17.7 Å². The van der Waals surface area contributed by atoms with Gasteiger partial charge < -0.3 is 9.67 Å². The van der Waals surface area contributed by atoms with Crippen LogP contribution in [0, 0.1) is 6.92 Å². The van der Waals surface area contributed by atoms with Crippen molar-refractivity contribution < 1.29 is 5.11 Å². The lowest BCUT2D eigenvalue weighted by Gasteiger charge is -2.06. The number of hydrogen-bond donors (Lipinski definition) is 1. The Bertz CT molecular complexity index is 1320. The predicted molar refractivity (Wildman–Crippen MR) is 112 cm³/mol. The van der Waals surface area contributed by atoms with Crippen molar-refractivity contribution in [1.29, 1.82) is 0 Å². The number of benzene rings is 1. The molecule has 0 aliphatic rings. The van der Waals surface area contributed by atoms with Gasteiger partial charge in [0.15, 0.2) is 11.2 Å². The largest absolute Gasteiger partial charge is 0.396 e. The molecule has 0 fully saturated rings. The average Bonchev–Trinajstić information content (AvgIpc) is 3.23. The van der Waals surface area contributed by atoms with E-state index >= 15 is 0 Å². The normalized spacial score (nSPS) is 12.0. The van der Waals surface area contributed by atoms with Crippen molar-refractivity contribution in [2.45, 2.75) is 26.4 Å². The molecular weight excluding hydrogens is 370 g/mol. The van der Waals surface area contributed by atoms with Gasteiger partial charge in [0.2, 0.25) is 5.78 Å². The Hall–Kier alpha value is -3.39. The fourth-order valence-electron chi connectivity index (χ4n) is 3.58. The minimum absolute atomic E-state index is 0.0725. The second-order valence-electron chi connectivity index (χ2n) is 7.02. The smallest absolute Gasteiger partial charge is 0.332 e. The molecule has 8 nitrogen and oxygen atoms in total. The van der Waals surface area contributed by atoms with Crippen LogP contribution in [0.2, 0.25) is 0 Å². The number of imidazole rings is 2. The molecule has 0 bridgehead atoms. The summed E-state index contributed by atoms with van der Waals surface area (Å²) in [5, 5.41) is 9.15. The molecule has 3 heterocycles. The fourth-order valence-corrected chi connectivity index (χ4v) is 3.58. The Kier molecular flexibility index (Phi) is 4.94. The van der Waals surface area contributed by atoms with Crippen LogP contribution in [0.25, 0.3) is 23.0 Å². The third kappa shape index (κ3) is 3.21. The minimum atomic E-state index is -0.403. The molecule has 0 aliphatic heterocycles. The van der Waals surface area contributed by atoms with Gasteiger partial charge in [0.1, 0.15) is 0 Å². The highest BCUT2D eigenvalue weighted by molar-refractivity contribution is 5.75. The molecule has 150 valence electrons. The highest BCUT2D eigenvalue weighted by Crippen LogP contribution is 2.16. The first-order valence-electron chi connectivity index (χ1n) is 9.53. The van der Waals surface area contributed by atoms with Crippen LogP contribution in [0.15, 0.2) is 52.2 Å². The molecule has 4 rings (SSSR count). The summed E-state index contributed by atoms with van der Waals surface area (Å²) in [6.07, 6.45) is 6.12. The summed E-state index contributed by atoms with van der Waals surface area (Å²) in [5.74, 6) is 0.593. The zero-order valence-corrected chi connectivity index (χ0v) is 16.4. The van der Waals surface area contributed by atoms with E-state index in [2.05, 4.69) is 4.98 Å². The topological polar surface area (TPSA) is 86.5 Å². The SMILES string of the molecule is Cc1cn2c3c(=O)n(CC=Cc4ccccc4)c(=O)n(C)c3nc2n1CCCO. The maximum atomic E-state index is 13.2. The van der Waals surface area contributed by atoms with Gasteiger partial charge in [-0.15, -0.1) is 0 Å². The van der Waals surface area contributed by atoms with Gasteiger partial charge in [0, 0.05) is 38.6 Å². The second-order valence-corrected chi connectivity index (χ2v) is 7.02. The summed E-state index contributed by atoms with van der Waals surface area (Å²) in [4.78, 5) is 30.5. The van der Waals surface area contributed by atoms with E-state index in [1.165, 1.54) is 9.13 Å². The van der Waals surface area contributed by atoms with E-state index in [0.717, 1.165) is 11.3 Å². The molecule has 29 heavy (non-hydrogen) atoms. The number of aliphatic hydroxyl groups is 1. The van der Waals surface area contributed by atoms with Crippen molar-refractivity contribution in [3.63, 3.8) is 0 Å². The van der Waals surface area contributed by atoms with Crippen molar-refractivity contribution in [1.82, 2.24) is 23.1 Å². The zero-order valence-electron chi connectivity index (χ0n) is 16.4. The highest BCUT2D eigenvalue weighted by Gasteiger charge is 2.19. The molecule has 3 aromatic heterocycles. The maximum Gasteiger partial charge on any atom is 0.332 e. The molecule has 1 N–H and O–H groups in total. The van der Waals surface area contributed by atoms with E-state index in [4.69, 9.17) is 5.11 Å². The Morgan fingerprint density at radius 1 is 1.14 bits per heavy atom. The van der Waals surface area contributed by atoms with Gasteiger partial charge >= 0.3 is 5.69 Å². The molecule has 1 aromatic carbocycles. The van der Waals surface area contributed by atoms with E-state index in [1.54, 1.807) is 17.5 Å². The van der Waals surface area contributed by atoms with Crippen molar-refractivity contribution in [2.24, 2.45) is 7.05 Å². The molecule has 0 atom stereocenters. The number of rotatable bonds is 6. The van der Waals surface area contributed by atoms with Crippen molar-refractivity contribution in [2.75, 3.05) is 6.61 Å². The van der Waals surface area contributed by atoms with Gasteiger partial charge in [-0.2, -0.15) is 4.98 Å².